The second kappa shape index (κ2) is 6.48. The molecule has 22 heavy (non-hydrogen) atoms. The van der Waals surface area contributed by atoms with Gasteiger partial charge in [0.05, 0.1) is 12.0 Å². The van der Waals surface area contributed by atoms with Crippen LogP contribution in [0.4, 0.5) is 11.6 Å². The molecule has 0 saturated carbocycles. The third-order valence-corrected chi connectivity index (χ3v) is 2.72. The van der Waals surface area contributed by atoms with Crippen molar-refractivity contribution in [3.63, 3.8) is 0 Å². The monoisotopic (exact) mass is 303 g/mol. The fourth-order valence-corrected chi connectivity index (χ4v) is 1.61. The second-order valence-corrected chi connectivity index (χ2v) is 4.30. The molecule has 1 amide bonds. The quantitative estimate of drug-likeness (QED) is 0.493. The average Bonchev–Trinajstić information content (AvgIpc) is 2.95. The average molecular weight is 303 g/mol. The number of carbonyl (C=O) groups excluding carboxylic acids is 1. The molecule has 0 spiro atoms. The van der Waals surface area contributed by atoms with Gasteiger partial charge in [-0.15, -0.1) is 5.10 Å². The summed E-state index contributed by atoms with van der Waals surface area (Å²) in [7, 11) is 1.41. The van der Waals surface area contributed by atoms with Gasteiger partial charge in [0.25, 0.3) is 11.6 Å². The van der Waals surface area contributed by atoms with Crippen LogP contribution in [0.1, 0.15) is 12.5 Å². The highest BCUT2D eigenvalue weighted by atomic mass is 16.6. The van der Waals surface area contributed by atoms with Gasteiger partial charge in [-0.05, 0) is 30.7 Å². The molecule has 0 unspecified atom stereocenters. The summed E-state index contributed by atoms with van der Waals surface area (Å²) in [5.74, 6) is -0.213. The maximum absolute atomic E-state index is 12.0. The molecule has 1 aromatic heterocycles. The van der Waals surface area contributed by atoms with Gasteiger partial charge in [0.15, 0.2) is 0 Å². The number of amides is 1. The van der Waals surface area contributed by atoms with Gasteiger partial charge in [-0.2, -0.15) is 4.98 Å². The highest BCUT2D eigenvalue weighted by Gasteiger charge is 2.09. The first kappa shape index (κ1) is 15.2. The first-order chi connectivity index (χ1) is 10.5. The van der Waals surface area contributed by atoms with E-state index in [9.17, 15) is 14.9 Å². The number of carbonyl (C=O) groups is 1. The normalized spacial score (nSPS) is 11.1. The van der Waals surface area contributed by atoms with E-state index < -0.39 is 4.92 Å². The SMILES string of the molecule is COc1n[nH]c(NC(=O)/C(C)=C/c2ccc([N+](=O)[O-])cc2)n1. The molecule has 1 heterocycles. The van der Waals surface area contributed by atoms with Crippen LogP contribution < -0.4 is 10.1 Å². The highest BCUT2D eigenvalue weighted by molar-refractivity contribution is 6.05. The number of hydrogen-bond acceptors (Lipinski definition) is 6. The van der Waals surface area contributed by atoms with Gasteiger partial charge >= 0.3 is 6.01 Å². The number of rotatable bonds is 5. The minimum Gasteiger partial charge on any atom is -0.466 e. The molecule has 0 aliphatic rings. The van der Waals surface area contributed by atoms with E-state index in [0.29, 0.717) is 11.1 Å². The fraction of sp³-hybridized carbons (Fsp3) is 0.154. The lowest BCUT2D eigenvalue weighted by Crippen LogP contribution is -2.13. The molecule has 0 radical (unpaired) electrons. The van der Waals surface area contributed by atoms with Crippen LogP contribution in [0.3, 0.4) is 0 Å². The maximum Gasteiger partial charge on any atom is 0.336 e. The fourth-order valence-electron chi connectivity index (χ4n) is 1.61. The van der Waals surface area contributed by atoms with Gasteiger partial charge in [-0.3, -0.25) is 20.2 Å². The Morgan fingerprint density at radius 1 is 1.41 bits per heavy atom. The number of nitro benzene ring substituents is 1. The number of ether oxygens (including phenoxy) is 1. The number of aromatic amines is 1. The van der Waals surface area contributed by atoms with Crippen LogP contribution in [0.5, 0.6) is 6.01 Å². The van der Waals surface area contributed by atoms with Crippen LogP contribution in [0.25, 0.3) is 6.08 Å². The standard InChI is InChI=1S/C13H13N5O4/c1-8(7-9-3-5-10(6-4-9)18(20)21)11(19)14-12-15-13(22-2)17-16-12/h3-7H,1-2H3,(H2,14,15,16,17,19)/b8-7+. The molecule has 0 bridgehead atoms. The predicted octanol–water partition coefficient (Wildman–Crippen LogP) is 1.76. The van der Waals surface area contributed by atoms with Gasteiger partial charge in [0, 0.05) is 17.7 Å². The van der Waals surface area contributed by atoms with Crippen LogP contribution in [0.2, 0.25) is 0 Å². The molecule has 0 saturated heterocycles. The first-order valence-electron chi connectivity index (χ1n) is 6.20. The Hall–Kier alpha value is -3.23. The molecule has 9 heteroatoms. The van der Waals surface area contributed by atoms with Crippen LogP contribution in [0, 0.1) is 10.1 Å². The molecule has 0 aliphatic heterocycles. The minimum atomic E-state index is -0.482. The van der Waals surface area contributed by atoms with Crippen LogP contribution in [0.15, 0.2) is 29.8 Å². The summed E-state index contributed by atoms with van der Waals surface area (Å²) in [5, 5.41) is 19.3. The van der Waals surface area contributed by atoms with Crippen molar-refractivity contribution in [3.05, 3.63) is 45.5 Å². The molecule has 9 nitrogen and oxygen atoms in total. The number of anilines is 1. The lowest BCUT2D eigenvalue weighted by molar-refractivity contribution is -0.384. The van der Waals surface area contributed by atoms with Gasteiger partial charge in [0.1, 0.15) is 0 Å². The van der Waals surface area contributed by atoms with Crippen molar-refractivity contribution < 1.29 is 14.5 Å². The van der Waals surface area contributed by atoms with Crippen LogP contribution >= 0.6 is 0 Å². The van der Waals surface area contributed by atoms with Gasteiger partial charge in [-0.25, -0.2) is 5.10 Å². The zero-order chi connectivity index (χ0) is 16.1. The molecule has 114 valence electrons. The summed E-state index contributed by atoms with van der Waals surface area (Å²) in [6, 6.07) is 5.99. The summed E-state index contributed by atoms with van der Waals surface area (Å²) in [5.41, 5.74) is 1.07. The summed E-state index contributed by atoms with van der Waals surface area (Å²) < 4.78 is 4.79. The largest absolute Gasteiger partial charge is 0.466 e. The van der Waals surface area contributed by atoms with Crippen LogP contribution in [-0.2, 0) is 4.79 Å². The Morgan fingerprint density at radius 2 is 2.09 bits per heavy atom. The molecule has 2 aromatic rings. The molecular weight excluding hydrogens is 290 g/mol. The van der Waals surface area contributed by atoms with Gasteiger partial charge < -0.3 is 4.74 Å². The van der Waals surface area contributed by atoms with Crippen molar-refractivity contribution in [2.75, 3.05) is 12.4 Å². The Bertz CT molecular complexity index is 720. The van der Waals surface area contributed by atoms with Crippen molar-refractivity contribution in [1.29, 1.82) is 0 Å². The Kier molecular flexibility index (Phi) is 4.47. The zero-order valence-corrected chi connectivity index (χ0v) is 11.9. The number of H-pyrrole nitrogens is 1. The molecule has 0 aliphatic carbocycles. The maximum atomic E-state index is 12.0. The van der Waals surface area contributed by atoms with E-state index in [1.54, 1.807) is 25.1 Å². The number of methoxy groups -OCH3 is 1. The number of non-ortho nitro benzene ring substituents is 1. The first-order valence-corrected chi connectivity index (χ1v) is 6.20. The van der Waals surface area contributed by atoms with Crippen molar-refractivity contribution in [1.82, 2.24) is 15.2 Å². The van der Waals surface area contributed by atoms with Gasteiger partial charge in [-0.1, -0.05) is 0 Å². The summed E-state index contributed by atoms with van der Waals surface area (Å²) >= 11 is 0. The Balaban J connectivity index is 2.07. The van der Waals surface area contributed by atoms with E-state index in [-0.39, 0.29) is 23.6 Å². The number of aromatic nitrogens is 3. The number of nitrogens with one attached hydrogen (secondary N) is 2. The molecule has 2 rings (SSSR count). The zero-order valence-electron chi connectivity index (χ0n) is 11.9. The van der Waals surface area contributed by atoms with E-state index in [4.69, 9.17) is 4.74 Å². The topological polar surface area (TPSA) is 123 Å². The molecule has 2 N–H and O–H groups in total. The lowest BCUT2D eigenvalue weighted by Gasteiger charge is -2.01. The van der Waals surface area contributed by atoms with Crippen molar-refractivity contribution >= 4 is 23.6 Å². The van der Waals surface area contributed by atoms with E-state index >= 15 is 0 Å². The number of nitrogens with zero attached hydrogens (tertiary/aromatic N) is 3. The van der Waals surface area contributed by atoms with Gasteiger partial charge in [0.2, 0.25) is 5.95 Å². The van der Waals surface area contributed by atoms with Crippen LogP contribution in [-0.4, -0.2) is 33.1 Å². The minimum absolute atomic E-state index is 0.00647. The Labute approximate surface area is 125 Å². The summed E-state index contributed by atoms with van der Waals surface area (Å²) in [4.78, 5) is 25.9. The molecule has 0 fully saturated rings. The highest BCUT2D eigenvalue weighted by Crippen LogP contribution is 2.15. The summed E-state index contributed by atoms with van der Waals surface area (Å²) in [6.07, 6.45) is 1.60. The number of hydrogen-bond donors (Lipinski definition) is 2. The molecule has 1 aromatic carbocycles. The number of nitro groups is 1. The predicted molar refractivity (Wildman–Crippen MR) is 78.3 cm³/mol. The van der Waals surface area contributed by atoms with E-state index in [2.05, 4.69) is 20.5 Å². The second-order valence-electron chi connectivity index (χ2n) is 4.30. The van der Waals surface area contributed by atoms with Crippen molar-refractivity contribution in [2.45, 2.75) is 6.92 Å². The van der Waals surface area contributed by atoms with E-state index in [1.807, 2.05) is 0 Å². The smallest absolute Gasteiger partial charge is 0.336 e. The third-order valence-electron chi connectivity index (χ3n) is 2.72. The molecule has 0 atom stereocenters. The number of benzene rings is 1. The van der Waals surface area contributed by atoms with E-state index in [1.165, 1.54) is 19.2 Å². The summed E-state index contributed by atoms with van der Waals surface area (Å²) in [6.45, 7) is 1.62. The molecular formula is C13H13N5O4. The lowest BCUT2D eigenvalue weighted by atomic mass is 10.1. The van der Waals surface area contributed by atoms with Crippen molar-refractivity contribution in [3.8, 4) is 6.01 Å². The van der Waals surface area contributed by atoms with E-state index in [0.717, 1.165) is 0 Å². The Morgan fingerprint density at radius 3 is 2.64 bits per heavy atom. The van der Waals surface area contributed by atoms with Crippen molar-refractivity contribution in [2.24, 2.45) is 0 Å². The third kappa shape index (κ3) is 3.66.